The lowest BCUT2D eigenvalue weighted by Gasteiger charge is -2.02. The van der Waals surface area contributed by atoms with Crippen molar-refractivity contribution in [3.63, 3.8) is 0 Å². The molecule has 0 bridgehead atoms. The Balaban J connectivity index is 1.69. The first-order valence-electron chi connectivity index (χ1n) is 6.54. The standard InChI is InChI=1S/C15H17N4O/c1-18-8-4-5-12(11-18)7-10-20-15-14(16)13-6-2-3-9-19(13)17-15/h2-6,8-9,11H,7,10,16H2,1H3/q+1. The van der Waals surface area contributed by atoms with E-state index in [1.54, 1.807) is 4.52 Å². The van der Waals surface area contributed by atoms with Gasteiger partial charge in [0.2, 0.25) is 0 Å². The van der Waals surface area contributed by atoms with Crippen molar-refractivity contribution in [1.29, 1.82) is 0 Å². The molecule has 3 heterocycles. The third kappa shape index (κ3) is 2.42. The summed E-state index contributed by atoms with van der Waals surface area (Å²) in [5.41, 5.74) is 8.71. The molecule has 0 aromatic carbocycles. The van der Waals surface area contributed by atoms with Crippen LogP contribution < -0.4 is 15.0 Å². The maximum atomic E-state index is 6.03. The number of hydrogen-bond donors (Lipinski definition) is 1. The molecule has 0 aliphatic heterocycles. The highest BCUT2D eigenvalue weighted by Crippen LogP contribution is 2.24. The number of aryl methyl sites for hydroxylation is 1. The van der Waals surface area contributed by atoms with Crippen molar-refractivity contribution >= 4 is 11.2 Å². The molecule has 0 radical (unpaired) electrons. The highest BCUT2D eigenvalue weighted by atomic mass is 16.5. The predicted molar refractivity (Wildman–Crippen MR) is 76.4 cm³/mol. The maximum Gasteiger partial charge on any atom is 0.257 e. The summed E-state index contributed by atoms with van der Waals surface area (Å²) in [4.78, 5) is 0. The summed E-state index contributed by atoms with van der Waals surface area (Å²) in [5, 5.41) is 4.33. The van der Waals surface area contributed by atoms with Crippen LogP contribution in [0.2, 0.25) is 0 Å². The number of ether oxygens (including phenoxy) is 1. The molecular formula is C15H17N4O+. The smallest absolute Gasteiger partial charge is 0.257 e. The molecule has 5 nitrogen and oxygen atoms in total. The Bertz CT molecular complexity index is 736. The molecule has 5 heteroatoms. The summed E-state index contributed by atoms with van der Waals surface area (Å²) in [6, 6.07) is 9.87. The highest BCUT2D eigenvalue weighted by Gasteiger charge is 2.10. The van der Waals surface area contributed by atoms with Crippen molar-refractivity contribution in [1.82, 2.24) is 9.61 Å². The molecule has 0 spiro atoms. The van der Waals surface area contributed by atoms with E-state index in [2.05, 4.69) is 17.4 Å². The second-order valence-electron chi connectivity index (χ2n) is 4.73. The number of rotatable bonds is 4. The van der Waals surface area contributed by atoms with E-state index in [0.29, 0.717) is 18.2 Å². The van der Waals surface area contributed by atoms with E-state index >= 15 is 0 Å². The van der Waals surface area contributed by atoms with Gasteiger partial charge in [-0.05, 0) is 18.2 Å². The van der Waals surface area contributed by atoms with E-state index in [4.69, 9.17) is 10.5 Å². The van der Waals surface area contributed by atoms with Crippen LogP contribution in [0.15, 0.2) is 48.9 Å². The quantitative estimate of drug-likeness (QED) is 0.728. The van der Waals surface area contributed by atoms with Crippen molar-refractivity contribution in [2.24, 2.45) is 7.05 Å². The number of aromatic nitrogens is 3. The Labute approximate surface area is 117 Å². The molecule has 102 valence electrons. The lowest BCUT2D eigenvalue weighted by molar-refractivity contribution is -0.671. The Morgan fingerprint density at radius 1 is 1.30 bits per heavy atom. The number of fused-ring (bicyclic) bond motifs is 1. The summed E-state index contributed by atoms with van der Waals surface area (Å²) >= 11 is 0. The normalized spacial score (nSPS) is 10.8. The van der Waals surface area contributed by atoms with Gasteiger partial charge in [-0.2, -0.15) is 0 Å². The van der Waals surface area contributed by atoms with Gasteiger partial charge in [-0.25, -0.2) is 9.08 Å². The van der Waals surface area contributed by atoms with Crippen LogP contribution in [0, 0.1) is 0 Å². The minimum absolute atomic E-state index is 0.497. The van der Waals surface area contributed by atoms with Gasteiger partial charge in [0.05, 0.1) is 12.1 Å². The molecule has 0 atom stereocenters. The molecule has 20 heavy (non-hydrogen) atoms. The molecule has 3 aromatic rings. The lowest BCUT2D eigenvalue weighted by atomic mass is 10.2. The van der Waals surface area contributed by atoms with Crippen molar-refractivity contribution < 1.29 is 9.30 Å². The van der Waals surface area contributed by atoms with Gasteiger partial charge in [0.1, 0.15) is 12.7 Å². The summed E-state index contributed by atoms with van der Waals surface area (Å²) < 4.78 is 9.45. The molecule has 0 aliphatic carbocycles. The Morgan fingerprint density at radius 3 is 3.00 bits per heavy atom. The predicted octanol–water partition coefficient (Wildman–Crippen LogP) is 1.36. The van der Waals surface area contributed by atoms with E-state index in [-0.39, 0.29) is 0 Å². The van der Waals surface area contributed by atoms with Crippen LogP contribution in [-0.2, 0) is 13.5 Å². The van der Waals surface area contributed by atoms with Crippen molar-refractivity contribution in [2.75, 3.05) is 12.3 Å². The van der Waals surface area contributed by atoms with Crippen molar-refractivity contribution in [2.45, 2.75) is 6.42 Å². The van der Waals surface area contributed by atoms with Gasteiger partial charge in [0, 0.05) is 24.2 Å². The second-order valence-corrected chi connectivity index (χ2v) is 4.73. The minimum atomic E-state index is 0.497. The molecule has 0 aliphatic rings. The van der Waals surface area contributed by atoms with Crippen LogP contribution >= 0.6 is 0 Å². The topological polar surface area (TPSA) is 56.4 Å². The van der Waals surface area contributed by atoms with Gasteiger partial charge >= 0.3 is 0 Å². The SMILES string of the molecule is C[n+]1cccc(CCOc2nn3ccccc3c2N)c1. The summed E-state index contributed by atoms with van der Waals surface area (Å²) in [6.45, 7) is 0.554. The molecule has 2 N–H and O–H groups in total. The van der Waals surface area contributed by atoms with Gasteiger partial charge in [0.25, 0.3) is 5.88 Å². The molecule has 3 rings (SSSR count). The van der Waals surface area contributed by atoms with Crippen molar-refractivity contribution in [3.8, 4) is 5.88 Å². The van der Waals surface area contributed by atoms with E-state index in [9.17, 15) is 0 Å². The van der Waals surface area contributed by atoms with Crippen molar-refractivity contribution in [3.05, 3.63) is 54.5 Å². The van der Waals surface area contributed by atoms with Crippen LogP contribution in [0.25, 0.3) is 5.52 Å². The van der Waals surface area contributed by atoms with Gasteiger partial charge in [-0.15, -0.1) is 5.10 Å². The summed E-state index contributed by atoms with van der Waals surface area (Å²) in [7, 11) is 2.00. The average molecular weight is 269 g/mol. The summed E-state index contributed by atoms with van der Waals surface area (Å²) in [6.07, 6.45) is 6.76. The Hall–Kier alpha value is -2.56. The number of nitrogens with zero attached hydrogens (tertiary/aromatic N) is 3. The number of pyridine rings is 2. The third-order valence-electron chi connectivity index (χ3n) is 3.17. The minimum Gasteiger partial charge on any atom is -0.475 e. The van der Waals surface area contributed by atoms with Gasteiger partial charge in [-0.1, -0.05) is 6.07 Å². The molecule has 3 aromatic heterocycles. The van der Waals surface area contributed by atoms with Gasteiger partial charge < -0.3 is 10.5 Å². The van der Waals surface area contributed by atoms with Crippen LogP contribution in [0.4, 0.5) is 5.69 Å². The van der Waals surface area contributed by atoms with E-state index in [1.165, 1.54) is 5.56 Å². The fourth-order valence-electron chi connectivity index (χ4n) is 2.17. The van der Waals surface area contributed by atoms with Crippen LogP contribution in [0.1, 0.15) is 5.56 Å². The Morgan fingerprint density at radius 2 is 2.20 bits per heavy atom. The van der Waals surface area contributed by atoms with Gasteiger partial charge in [0.15, 0.2) is 12.4 Å². The molecule has 0 saturated carbocycles. The fraction of sp³-hybridized carbons (Fsp3) is 0.200. The average Bonchev–Trinajstić information content (AvgIpc) is 2.76. The first-order chi connectivity index (χ1) is 9.74. The highest BCUT2D eigenvalue weighted by molar-refractivity contribution is 5.74. The number of nitrogen functional groups attached to an aromatic ring is 1. The molecule has 0 fully saturated rings. The van der Waals surface area contributed by atoms with E-state index in [1.807, 2.05) is 48.3 Å². The lowest BCUT2D eigenvalue weighted by Crippen LogP contribution is -2.27. The zero-order valence-corrected chi connectivity index (χ0v) is 11.4. The monoisotopic (exact) mass is 269 g/mol. The third-order valence-corrected chi connectivity index (χ3v) is 3.17. The Kier molecular flexibility index (Phi) is 3.25. The largest absolute Gasteiger partial charge is 0.475 e. The first-order valence-corrected chi connectivity index (χ1v) is 6.54. The fourth-order valence-corrected chi connectivity index (χ4v) is 2.17. The zero-order valence-electron chi connectivity index (χ0n) is 11.4. The maximum absolute atomic E-state index is 6.03. The number of nitrogens with two attached hydrogens (primary N) is 1. The van der Waals surface area contributed by atoms with E-state index < -0.39 is 0 Å². The first kappa shape index (κ1) is 12.5. The molecule has 0 amide bonds. The molecule has 0 unspecified atom stereocenters. The number of hydrogen-bond acceptors (Lipinski definition) is 3. The summed E-state index contributed by atoms with van der Waals surface area (Å²) in [5.74, 6) is 0.497. The molecule has 0 saturated heterocycles. The van der Waals surface area contributed by atoms with Crippen LogP contribution in [0.3, 0.4) is 0 Å². The zero-order chi connectivity index (χ0) is 13.9. The van der Waals surface area contributed by atoms with Crippen LogP contribution in [-0.4, -0.2) is 16.2 Å². The number of anilines is 1. The molecular weight excluding hydrogens is 252 g/mol. The van der Waals surface area contributed by atoms with Crippen LogP contribution in [0.5, 0.6) is 5.88 Å². The second kappa shape index (κ2) is 5.21. The van der Waals surface area contributed by atoms with Gasteiger partial charge in [-0.3, -0.25) is 0 Å². The van der Waals surface area contributed by atoms with E-state index in [0.717, 1.165) is 11.9 Å².